The zero-order chi connectivity index (χ0) is 19.8. The van der Waals surface area contributed by atoms with Crippen molar-refractivity contribution in [2.75, 3.05) is 13.9 Å². The van der Waals surface area contributed by atoms with Crippen molar-refractivity contribution in [2.24, 2.45) is 4.99 Å². The van der Waals surface area contributed by atoms with Crippen molar-refractivity contribution in [3.8, 4) is 11.5 Å². The van der Waals surface area contributed by atoms with Gasteiger partial charge in [-0.1, -0.05) is 34.5 Å². The number of hydrogen-bond acceptors (Lipinski definition) is 7. The highest BCUT2D eigenvalue weighted by Crippen LogP contribution is 2.37. The third-order valence-electron chi connectivity index (χ3n) is 4.03. The second kappa shape index (κ2) is 7.75. The lowest BCUT2D eigenvalue weighted by atomic mass is 10.3. The summed E-state index contributed by atoms with van der Waals surface area (Å²) >= 11 is 14.4. The van der Waals surface area contributed by atoms with E-state index in [1.165, 1.54) is 24.5 Å². The molecule has 3 heterocycles. The fourth-order valence-electron chi connectivity index (χ4n) is 2.70. The number of rotatable bonds is 4. The van der Waals surface area contributed by atoms with Gasteiger partial charge in [-0.3, -0.25) is 9.59 Å². The Labute approximate surface area is 176 Å². The summed E-state index contributed by atoms with van der Waals surface area (Å²) < 4.78 is 18.9. The molecule has 28 heavy (non-hydrogen) atoms. The molecule has 11 heteroatoms. The summed E-state index contributed by atoms with van der Waals surface area (Å²) in [4.78, 5) is 28.9. The van der Waals surface area contributed by atoms with Crippen molar-refractivity contribution in [3.05, 3.63) is 37.2 Å². The van der Waals surface area contributed by atoms with Gasteiger partial charge in [0.15, 0.2) is 16.3 Å². The molecular weight excluding hydrogens is 447 g/mol. The Morgan fingerprint density at radius 3 is 2.64 bits per heavy atom. The number of aryl methyl sites for hydroxylation is 1. The van der Waals surface area contributed by atoms with E-state index < -0.39 is 5.91 Å². The standard InChI is InChI=1S/C17H12Cl2N2O5S2/c1-24-14(22)2-3-21-9-5-10-11(26-7-25-10)6-12(9)27-17(21)20-16(23)8-4-13(18)28-15(8)19/h4-6H,2-3,7H2,1H3. The van der Waals surface area contributed by atoms with E-state index in [9.17, 15) is 9.59 Å². The summed E-state index contributed by atoms with van der Waals surface area (Å²) in [5.74, 6) is 0.353. The van der Waals surface area contributed by atoms with E-state index >= 15 is 0 Å². The summed E-state index contributed by atoms with van der Waals surface area (Å²) in [5.41, 5.74) is 1.02. The minimum absolute atomic E-state index is 0.128. The van der Waals surface area contributed by atoms with E-state index in [2.05, 4.69) is 4.99 Å². The molecule has 0 atom stereocenters. The van der Waals surface area contributed by atoms with Gasteiger partial charge in [0.2, 0.25) is 6.79 Å². The Morgan fingerprint density at radius 1 is 1.21 bits per heavy atom. The first-order chi connectivity index (χ1) is 13.5. The molecule has 0 unspecified atom stereocenters. The van der Waals surface area contributed by atoms with Crippen LogP contribution in [-0.2, 0) is 16.1 Å². The lowest BCUT2D eigenvalue weighted by Crippen LogP contribution is -2.19. The number of halogens is 2. The van der Waals surface area contributed by atoms with Gasteiger partial charge >= 0.3 is 5.97 Å². The molecule has 1 aromatic carbocycles. The zero-order valence-corrected chi connectivity index (χ0v) is 17.5. The number of carbonyl (C=O) groups is 2. The molecule has 0 spiro atoms. The first kappa shape index (κ1) is 19.3. The third-order valence-corrected chi connectivity index (χ3v) is 6.56. The van der Waals surface area contributed by atoms with E-state index in [1.54, 1.807) is 4.57 Å². The predicted octanol–water partition coefficient (Wildman–Crippen LogP) is 4.10. The van der Waals surface area contributed by atoms with Crippen molar-refractivity contribution in [1.29, 1.82) is 0 Å². The van der Waals surface area contributed by atoms with Crippen molar-refractivity contribution >= 4 is 68.0 Å². The quantitative estimate of drug-likeness (QED) is 0.549. The van der Waals surface area contributed by atoms with E-state index in [0.29, 0.717) is 20.6 Å². The van der Waals surface area contributed by atoms with Gasteiger partial charge in [0.25, 0.3) is 5.91 Å². The molecule has 3 aromatic rings. The maximum absolute atomic E-state index is 12.6. The highest BCUT2D eigenvalue weighted by Gasteiger charge is 2.19. The molecule has 1 aliphatic heterocycles. The van der Waals surface area contributed by atoms with E-state index in [0.717, 1.165) is 21.6 Å². The van der Waals surface area contributed by atoms with Crippen molar-refractivity contribution in [2.45, 2.75) is 13.0 Å². The van der Waals surface area contributed by atoms with Crippen molar-refractivity contribution in [1.82, 2.24) is 4.57 Å². The number of thiazole rings is 1. The summed E-state index contributed by atoms with van der Waals surface area (Å²) in [6, 6.07) is 5.13. The number of thiophene rings is 1. The SMILES string of the molecule is COC(=O)CCn1c(=NC(=O)c2cc(Cl)sc2Cl)sc2cc3c(cc21)OCO3. The summed E-state index contributed by atoms with van der Waals surface area (Å²) in [6.45, 7) is 0.443. The molecule has 1 aliphatic rings. The molecule has 0 N–H and O–H groups in total. The predicted molar refractivity (Wildman–Crippen MR) is 107 cm³/mol. The Hall–Kier alpha value is -2.07. The molecule has 0 fully saturated rings. The van der Waals surface area contributed by atoms with E-state index in [-0.39, 0.29) is 35.6 Å². The number of methoxy groups -OCH3 is 1. The molecule has 0 saturated carbocycles. The normalized spacial score (nSPS) is 13.3. The maximum Gasteiger partial charge on any atom is 0.307 e. The first-order valence-electron chi connectivity index (χ1n) is 8.00. The number of nitrogens with zero attached hydrogens (tertiary/aromatic N) is 2. The van der Waals surface area contributed by atoms with Gasteiger partial charge in [-0.25, -0.2) is 0 Å². The van der Waals surface area contributed by atoms with Crippen LogP contribution in [0.25, 0.3) is 10.2 Å². The van der Waals surface area contributed by atoms with Crippen molar-refractivity contribution in [3.63, 3.8) is 0 Å². The zero-order valence-electron chi connectivity index (χ0n) is 14.4. The summed E-state index contributed by atoms with van der Waals surface area (Å²) in [7, 11) is 1.33. The number of hydrogen-bond donors (Lipinski definition) is 0. The fraction of sp³-hybridized carbons (Fsp3) is 0.235. The minimum Gasteiger partial charge on any atom is -0.469 e. The van der Waals surface area contributed by atoms with Gasteiger partial charge in [0, 0.05) is 18.7 Å². The lowest BCUT2D eigenvalue weighted by molar-refractivity contribution is -0.140. The average Bonchev–Trinajstić information content (AvgIpc) is 3.34. The molecular formula is C17H12Cl2N2O5S2. The molecule has 4 rings (SSSR count). The molecule has 0 radical (unpaired) electrons. The van der Waals surface area contributed by atoms with Gasteiger partial charge in [0.1, 0.15) is 4.34 Å². The second-order valence-corrected chi connectivity index (χ2v) is 8.99. The molecule has 7 nitrogen and oxygen atoms in total. The van der Waals surface area contributed by atoms with Gasteiger partial charge in [-0.05, 0) is 6.07 Å². The van der Waals surface area contributed by atoms with Gasteiger partial charge in [-0.15, -0.1) is 11.3 Å². The van der Waals surface area contributed by atoms with E-state index in [1.807, 2.05) is 12.1 Å². The Bertz CT molecular complexity index is 1160. The monoisotopic (exact) mass is 458 g/mol. The van der Waals surface area contributed by atoms with Crippen LogP contribution in [0.15, 0.2) is 23.2 Å². The first-order valence-corrected chi connectivity index (χ1v) is 10.4. The van der Waals surface area contributed by atoms with Gasteiger partial charge in [0.05, 0.1) is 33.6 Å². The number of aromatic nitrogens is 1. The minimum atomic E-state index is -0.508. The number of carbonyl (C=O) groups excluding carboxylic acids is 2. The highest BCUT2D eigenvalue weighted by atomic mass is 35.5. The average molecular weight is 459 g/mol. The lowest BCUT2D eigenvalue weighted by Gasteiger charge is -2.05. The molecule has 0 saturated heterocycles. The van der Waals surface area contributed by atoms with Gasteiger partial charge in [-0.2, -0.15) is 4.99 Å². The fourth-order valence-corrected chi connectivity index (χ4v) is 5.21. The van der Waals surface area contributed by atoms with Crippen LogP contribution in [0.1, 0.15) is 16.8 Å². The van der Waals surface area contributed by atoms with Crippen LogP contribution >= 0.6 is 45.9 Å². The Morgan fingerprint density at radius 2 is 1.96 bits per heavy atom. The second-order valence-electron chi connectivity index (χ2n) is 5.69. The van der Waals surface area contributed by atoms with E-state index in [4.69, 9.17) is 37.4 Å². The summed E-state index contributed by atoms with van der Waals surface area (Å²) in [6.07, 6.45) is 0.128. The molecule has 0 bridgehead atoms. The van der Waals surface area contributed by atoms with Crippen LogP contribution in [0.4, 0.5) is 0 Å². The number of ether oxygens (including phenoxy) is 3. The maximum atomic E-state index is 12.6. The smallest absolute Gasteiger partial charge is 0.307 e. The van der Waals surface area contributed by atoms with Crippen LogP contribution in [0.5, 0.6) is 11.5 Å². The van der Waals surface area contributed by atoms with Gasteiger partial charge < -0.3 is 18.8 Å². The highest BCUT2D eigenvalue weighted by molar-refractivity contribution is 7.20. The molecule has 0 aliphatic carbocycles. The number of amides is 1. The van der Waals surface area contributed by atoms with Crippen LogP contribution < -0.4 is 14.3 Å². The van der Waals surface area contributed by atoms with Crippen LogP contribution in [0.2, 0.25) is 8.67 Å². The van der Waals surface area contributed by atoms with Crippen LogP contribution in [-0.4, -0.2) is 30.3 Å². The molecule has 1 amide bonds. The largest absolute Gasteiger partial charge is 0.469 e. The Balaban J connectivity index is 1.82. The summed E-state index contributed by atoms with van der Waals surface area (Å²) in [5, 5.41) is 0. The van der Waals surface area contributed by atoms with Crippen LogP contribution in [0.3, 0.4) is 0 Å². The number of benzene rings is 1. The Kier molecular flexibility index (Phi) is 5.33. The number of esters is 1. The number of fused-ring (bicyclic) bond motifs is 2. The van der Waals surface area contributed by atoms with Crippen LogP contribution in [0, 0.1) is 0 Å². The third kappa shape index (κ3) is 3.62. The molecule has 146 valence electrons. The molecule has 2 aromatic heterocycles. The topological polar surface area (TPSA) is 79.1 Å². The van der Waals surface area contributed by atoms with Crippen molar-refractivity contribution < 1.29 is 23.8 Å².